The third kappa shape index (κ3) is 5.62. The molecule has 12 aromatic rings. The van der Waals surface area contributed by atoms with Gasteiger partial charge < -0.3 is 9.47 Å². The molecule has 0 aliphatic heterocycles. The molecular formula is C56H36N2S. The summed E-state index contributed by atoms with van der Waals surface area (Å²) < 4.78 is 5.01. The Bertz CT molecular complexity index is 3500. The number of aromatic nitrogens is 1. The lowest BCUT2D eigenvalue weighted by molar-refractivity contribution is 1.18. The molecule has 0 spiro atoms. The summed E-state index contributed by atoms with van der Waals surface area (Å²) in [5, 5.41) is 10.2. The molecule has 0 unspecified atom stereocenters. The van der Waals surface area contributed by atoms with E-state index in [-0.39, 0.29) is 0 Å². The van der Waals surface area contributed by atoms with Gasteiger partial charge in [-0.3, -0.25) is 0 Å². The number of para-hydroxylation sites is 2. The normalized spacial score (nSPS) is 11.7. The second-order valence-corrected chi connectivity index (χ2v) is 16.4. The highest BCUT2D eigenvalue weighted by atomic mass is 32.1. The van der Waals surface area contributed by atoms with E-state index in [1.54, 1.807) is 0 Å². The van der Waals surface area contributed by atoms with Crippen LogP contribution in [0.1, 0.15) is 0 Å². The number of nitrogens with zero attached hydrogens (tertiary/aromatic N) is 2. The number of fused-ring (bicyclic) bond motifs is 9. The van der Waals surface area contributed by atoms with E-state index in [2.05, 4.69) is 228 Å². The van der Waals surface area contributed by atoms with Crippen molar-refractivity contribution in [2.45, 2.75) is 0 Å². The fraction of sp³-hybridized carbons (Fsp3) is 0. The summed E-state index contributed by atoms with van der Waals surface area (Å²) in [5.41, 5.74) is 11.7. The summed E-state index contributed by atoms with van der Waals surface area (Å²) in [7, 11) is 0. The van der Waals surface area contributed by atoms with E-state index in [0.717, 1.165) is 22.7 Å². The van der Waals surface area contributed by atoms with Crippen molar-refractivity contribution in [1.82, 2.24) is 4.57 Å². The molecule has 12 rings (SSSR count). The first-order valence-electron chi connectivity index (χ1n) is 20.2. The molecule has 2 heterocycles. The zero-order valence-corrected chi connectivity index (χ0v) is 32.9. The molecule has 0 bridgehead atoms. The van der Waals surface area contributed by atoms with Crippen molar-refractivity contribution < 1.29 is 0 Å². The second-order valence-electron chi connectivity index (χ2n) is 15.4. The van der Waals surface area contributed by atoms with Crippen LogP contribution in [0.3, 0.4) is 0 Å². The lowest BCUT2D eigenvalue weighted by atomic mass is 10.0. The molecule has 59 heavy (non-hydrogen) atoms. The summed E-state index contributed by atoms with van der Waals surface area (Å²) in [5.74, 6) is 0. The summed E-state index contributed by atoms with van der Waals surface area (Å²) in [6, 6.07) is 79.9. The minimum absolute atomic E-state index is 1.11. The number of anilines is 3. The van der Waals surface area contributed by atoms with Crippen molar-refractivity contribution in [2.24, 2.45) is 0 Å². The van der Waals surface area contributed by atoms with Gasteiger partial charge in [0.2, 0.25) is 0 Å². The third-order valence-corrected chi connectivity index (χ3v) is 13.2. The van der Waals surface area contributed by atoms with Crippen molar-refractivity contribution in [2.75, 3.05) is 4.90 Å². The quantitative estimate of drug-likeness (QED) is 0.164. The van der Waals surface area contributed by atoms with Crippen LogP contribution in [-0.2, 0) is 0 Å². The van der Waals surface area contributed by atoms with Gasteiger partial charge in [0.25, 0.3) is 0 Å². The van der Waals surface area contributed by atoms with Gasteiger partial charge in [0.1, 0.15) is 0 Å². The van der Waals surface area contributed by atoms with Gasteiger partial charge in [-0.25, -0.2) is 0 Å². The van der Waals surface area contributed by atoms with E-state index in [0.29, 0.717) is 0 Å². The molecule has 0 aliphatic rings. The van der Waals surface area contributed by atoms with Gasteiger partial charge in [0.15, 0.2) is 0 Å². The summed E-state index contributed by atoms with van der Waals surface area (Å²) >= 11 is 1.89. The van der Waals surface area contributed by atoms with Gasteiger partial charge in [-0.1, -0.05) is 152 Å². The Hall–Kier alpha value is -7.46. The SMILES string of the molecule is c1cc(-c2ccc(N(c3ccc(-c4ccc5ccccc5c4)cc3)c3ccc4c(c3)sc3c5ccccc5ccc43)cc2)cc(-n2c3ccccc3c3ccccc32)c1. The molecule has 0 atom stereocenters. The molecule has 2 nitrogen and oxygen atoms in total. The van der Waals surface area contributed by atoms with Crippen molar-refractivity contribution >= 4 is 91.9 Å². The van der Waals surface area contributed by atoms with Gasteiger partial charge in [-0.05, 0) is 111 Å². The van der Waals surface area contributed by atoms with Crippen LogP contribution >= 0.6 is 11.3 Å². The van der Waals surface area contributed by atoms with Gasteiger partial charge in [-0.15, -0.1) is 11.3 Å². The van der Waals surface area contributed by atoms with Crippen LogP contribution < -0.4 is 4.90 Å². The Kier molecular flexibility index (Phi) is 7.75. The zero-order valence-electron chi connectivity index (χ0n) is 32.1. The van der Waals surface area contributed by atoms with Crippen LogP contribution in [0.25, 0.3) is 91.5 Å². The van der Waals surface area contributed by atoms with Gasteiger partial charge in [0, 0.05) is 53.7 Å². The predicted molar refractivity (Wildman–Crippen MR) is 254 cm³/mol. The van der Waals surface area contributed by atoms with Crippen LogP contribution in [-0.4, -0.2) is 4.57 Å². The average Bonchev–Trinajstić information content (AvgIpc) is 3.85. The molecule has 0 amide bonds. The summed E-state index contributed by atoms with van der Waals surface area (Å²) in [6.45, 7) is 0. The number of hydrogen-bond donors (Lipinski definition) is 0. The standard InChI is InChI=1S/C56H36N2S/c1-2-12-41-34-43(21-20-37(41)10-1)39-24-29-45(30-25-39)57(47-31-33-51-52-32-26-40-11-3-4-15-48(40)56(52)59-55(51)36-47)44-27-22-38(23-28-44)42-13-9-14-46(35-42)58-53-18-7-5-16-49(53)50-17-6-8-19-54(50)58/h1-36H. The third-order valence-electron chi connectivity index (χ3n) is 12.0. The Balaban J connectivity index is 0.957. The molecule has 276 valence electrons. The van der Waals surface area contributed by atoms with E-state index in [9.17, 15) is 0 Å². The van der Waals surface area contributed by atoms with Crippen molar-refractivity contribution in [1.29, 1.82) is 0 Å². The first-order chi connectivity index (χ1) is 29.2. The smallest absolute Gasteiger partial charge is 0.0541 e. The summed E-state index contributed by atoms with van der Waals surface area (Å²) in [6.07, 6.45) is 0. The molecule has 0 saturated carbocycles. The number of rotatable bonds is 6. The highest BCUT2D eigenvalue weighted by Gasteiger charge is 2.17. The van der Waals surface area contributed by atoms with Crippen LogP contribution in [0.2, 0.25) is 0 Å². The van der Waals surface area contributed by atoms with Crippen LogP contribution in [0, 0.1) is 0 Å². The molecule has 0 radical (unpaired) electrons. The molecular weight excluding hydrogens is 733 g/mol. The fourth-order valence-corrected chi connectivity index (χ4v) is 10.4. The van der Waals surface area contributed by atoms with E-state index < -0.39 is 0 Å². The van der Waals surface area contributed by atoms with E-state index in [1.165, 1.54) is 85.8 Å². The number of benzene rings is 10. The lowest BCUT2D eigenvalue weighted by Crippen LogP contribution is -2.09. The van der Waals surface area contributed by atoms with Crippen LogP contribution in [0.5, 0.6) is 0 Å². The number of thiophene rings is 1. The average molecular weight is 769 g/mol. The zero-order chi connectivity index (χ0) is 38.9. The first kappa shape index (κ1) is 33.7. The monoisotopic (exact) mass is 768 g/mol. The second kappa shape index (κ2) is 13.6. The first-order valence-corrected chi connectivity index (χ1v) is 21.0. The Morgan fingerprint density at radius 1 is 0.322 bits per heavy atom. The topological polar surface area (TPSA) is 8.17 Å². The maximum atomic E-state index is 2.39. The van der Waals surface area contributed by atoms with Gasteiger partial charge in [0.05, 0.1) is 11.0 Å². The van der Waals surface area contributed by atoms with Crippen molar-refractivity contribution in [3.8, 4) is 27.9 Å². The van der Waals surface area contributed by atoms with E-state index >= 15 is 0 Å². The minimum atomic E-state index is 1.11. The number of hydrogen-bond acceptors (Lipinski definition) is 2. The van der Waals surface area contributed by atoms with E-state index in [4.69, 9.17) is 0 Å². The van der Waals surface area contributed by atoms with Gasteiger partial charge in [-0.2, -0.15) is 0 Å². The molecule has 0 N–H and O–H groups in total. The van der Waals surface area contributed by atoms with Crippen LogP contribution in [0.15, 0.2) is 218 Å². The van der Waals surface area contributed by atoms with Crippen molar-refractivity contribution in [3.63, 3.8) is 0 Å². The van der Waals surface area contributed by atoms with Crippen LogP contribution in [0.4, 0.5) is 17.1 Å². The molecule has 3 heteroatoms. The highest BCUT2D eigenvalue weighted by molar-refractivity contribution is 7.26. The predicted octanol–water partition coefficient (Wildman–Crippen LogP) is 16.3. The summed E-state index contributed by atoms with van der Waals surface area (Å²) in [4.78, 5) is 2.39. The van der Waals surface area contributed by atoms with Gasteiger partial charge >= 0.3 is 0 Å². The maximum Gasteiger partial charge on any atom is 0.0541 e. The molecule has 2 aromatic heterocycles. The largest absolute Gasteiger partial charge is 0.310 e. The maximum absolute atomic E-state index is 2.39. The van der Waals surface area contributed by atoms with Crippen molar-refractivity contribution in [3.05, 3.63) is 218 Å². The lowest BCUT2D eigenvalue weighted by Gasteiger charge is -2.26. The Labute approximate surface area is 346 Å². The minimum Gasteiger partial charge on any atom is -0.310 e. The van der Waals surface area contributed by atoms with E-state index in [1.807, 2.05) is 11.3 Å². The molecule has 0 fully saturated rings. The Morgan fingerprint density at radius 3 is 1.58 bits per heavy atom. The molecule has 0 saturated heterocycles. The highest BCUT2D eigenvalue weighted by Crippen LogP contribution is 2.43. The fourth-order valence-electron chi connectivity index (χ4n) is 9.08. The Morgan fingerprint density at radius 2 is 0.864 bits per heavy atom. The molecule has 10 aromatic carbocycles. The molecule has 0 aliphatic carbocycles.